The normalized spacial score (nSPS) is 13.4. The maximum atomic E-state index is 12.5. The number of carboxylic acids is 1. The average Bonchev–Trinajstić information content (AvgIpc) is 3.62. The van der Waals surface area contributed by atoms with E-state index in [4.69, 9.17) is 19.3 Å². The topological polar surface area (TPSA) is 102 Å². The number of carbonyl (C=O) groups is 1. The third kappa shape index (κ3) is 6.14. The monoisotopic (exact) mass is 630 g/mol. The number of anilines is 1. The highest BCUT2D eigenvalue weighted by Crippen LogP contribution is 2.36. The third-order valence-corrected chi connectivity index (χ3v) is 9.00. The minimum atomic E-state index is -0.982. The van der Waals surface area contributed by atoms with Gasteiger partial charge in [-0.2, -0.15) is 5.10 Å². The lowest BCUT2D eigenvalue weighted by Crippen LogP contribution is -2.36. The van der Waals surface area contributed by atoms with Crippen LogP contribution in [0.5, 0.6) is 11.5 Å². The first-order chi connectivity index (χ1) is 23.0. The Kier molecular flexibility index (Phi) is 8.54. The van der Waals surface area contributed by atoms with E-state index in [9.17, 15) is 9.90 Å². The van der Waals surface area contributed by atoms with Crippen LogP contribution in [0.3, 0.4) is 0 Å². The Morgan fingerprint density at radius 2 is 1.68 bits per heavy atom. The van der Waals surface area contributed by atoms with Gasteiger partial charge < -0.3 is 29.2 Å². The highest BCUT2D eigenvalue weighted by Gasteiger charge is 2.23. The quantitative estimate of drug-likeness (QED) is 0.147. The molecule has 9 heteroatoms. The number of fused-ring (bicyclic) bond motifs is 2. The molecule has 0 bridgehead atoms. The minimum absolute atomic E-state index is 0.206. The smallest absolute Gasteiger partial charge is 0.352 e. The Hall–Kier alpha value is -5.28. The summed E-state index contributed by atoms with van der Waals surface area (Å²) in [6, 6.07) is 28.3. The number of ether oxygens (including phenoxy) is 3. The molecule has 9 nitrogen and oxygen atoms in total. The van der Waals surface area contributed by atoms with E-state index < -0.39 is 5.97 Å². The van der Waals surface area contributed by atoms with Crippen LogP contribution < -0.4 is 14.4 Å². The van der Waals surface area contributed by atoms with Crippen LogP contribution in [0.4, 0.5) is 5.69 Å². The molecule has 1 saturated heterocycles. The number of H-pyrrole nitrogens is 1. The molecular weight excluding hydrogens is 592 g/mol. The van der Waals surface area contributed by atoms with Crippen molar-refractivity contribution in [1.82, 2.24) is 14.8 Å². The second kappa shape index (κ2) is 13.2. The fourth-order valence-electron chi connectivity index (χ4n) is 6.53. The van der Waals surface area contributed by atoms with Crippen LogP contribution in [0, 0.1) is 6.92 Å². The number of nitrogens with one attached hydrogen (secondary N) is 1. The first kappa shape index (κ1) is 30.4. The highest BCUT2D eigenvalue weighted by atomic mass is 16.5. The fourth-order valence-corrected chi connectivity index (χ4v) is 6.53. The number of rotatable bonds is 11. The van der Waals surface area contributed by atoms with E-state index in [1.54, 1.807) is 0 Å². The zero-order chi connectivity index (χ0) is 32.3. The summed E-state index contributed by atoms with van der Waals surface area (Å²) in [6.45, 7) is 6.00. The van der Waals surface area contributed by atoms with Gasteiger partial charge in [0.05, 0.1) is 25.3 Å². The molecule has 3 heterocycles. The highest BCUT2D eigenvalue weighted by molar-refractivity contribution is 6.03. The number of aryl methyl sites for hydroxylation is 2. The van der Waals surface area contributed by atoms with Crippen molar-refractivity contribution < 1.29 is 24.1 Å². The van der Waals surface area contributed by atoms with E-state index in [1.807, 2.05) is 73.3 Å². The van der Waals surface area contributed by atoms with E-state index in [1.165, 1.54) is 0 Å². The summed E-state index contributed by atoms with van der Waals surface area (Å²) in [6.07, 6.45) is 1.22. The molecule has 6 aromatic rings. The van der Waals surface area contributed by atoms with Crippen molar-refractivity contribution in [2.45, 2.75) is 26.4 Å². The molecule has 0 spiro atoms. The van der Waals surface area contributed by atoms with Crippen molar-refractivity contribution in [3.63, 3.8) is 0 Å². The van der Waals surface area contributed by atoms with Crippen LogP contribution in [0.2, 0.25) is 0 Å². The van der Waals surface area contributed by atoms with Crippen LogP contribution >= 0.6 is 0 Å². The molecule has 47 heavy (non-hydrogen) atoms. The Morgan fingerprint density at radius 1 is 0.936 bits per heavy atom. The van der Waals surface area contributed by atoms with Crippen LogP contribution in [0.25, 0.3) is 32.8 Å². The zero-order valence-electron chi connectivity index (χ0n) is 26.7. The minimum Gasteiger partial charge on any atom is -0.493 e. The number of hydrogen-bond donors (Lipinski definition) is 2. The second-order valence-electron chi connectivity index (χ2n) is 11.9. The molecule has 0 aliphatic carbocycles. The standard InChI is InChI=1S/C38H38N4O5/c1-25-35(33(40-41(25)2)24-47-28-17-15-27(16-18-28)42-19-22-45-23-20-42)32-12-6-11-30-31(37(38(43)44)39-36(30)32)13-7-21-46-34-14-5-9-26-8-3-4-10-29(26)34/h3-6,8-12,14-18,39H,7,13,19-24H2,1-2H3,(H,43,44). The Bertz CT molecular complexity index is 2030. The summed E-state index contributed by atoms with van der Waals surface area (Å²) in [4.78, 5) is 18.0. The SMILES string of the molecule is Cc1c(-c2cccc3c(CCCOc4cccc5ccccc45)c(C(=O)O)[nH]c23)c(COc2ccc(N3CCOCC3)cc2)nn1C. The van der Waals surface area contributed by atoms with Crippen molar-refractivity contribution in [3.05, 3.63) is 108 Å². The molecule has 7 rings (SSSR count). The Morgan fingerprint density at radius 3 is 2.49 bits per heavy atom. The van der Waals surface area contributed by atoms with Crippen molar-refractivity contribution in [2.24, 2.45) is 7.05 Å². The molecule has 0 amide bonds. The largest absolute Gasteiger partial charge is 0.493 e. The Balaban J connectivity index is 1.12. The van der Waals surface area contributed by atoms with Crippen LogP contribution in [-0.4, -0.2) is 58.8 Å². The number of nitrogens with zero attached hydrogens (tertiary/aromatic N) is 3. The number of para-hydroxylation sites is 1. The molecule has 0 atom stereocenters. The summed E-state index contributed by atoms with van der Waals surface area (Å²) >= 11 is 0. The van der Waals surface area contributed by atoms with E-state index in [0.717, 1.165) is 93.2 Å². The third-order valence-electron chi connectivity index (χ3n) is 9.00. The number of carboxylic acid groups (broad SMARTS) is 1. The van der Waals surface area contributed by atoms with Gasteiger partial charge in [0.15, 0.2) is 0 Å². The van der Waals surface area contributed by atoms with Crippen molar-refractivity contribution in [2.75, 3.05) is 37.8 Å². The molecule has 1 fully saturated rings. The summed E-state index contributed by atoms with van der Waals surface area (Å²) < 4.78 is 19.7. The lowest BCUT2D eigenvalue weighted by molar-refractivity contribution is 0.0690. The van der Waals surface area contributed by atoms with Gasteiger partial charge in [0, 0.05) is 53.4 Å². The molecule has 2 aromatic heterocycles. The molecule has 0 radical (unpaired) electrons. The van der Waals surface area contributed by atoms with Crippen molar-refractivity contribution >= 4 is 33.3 Å². The lowest BCUT2D eigenvalue weighted by atomic mass is 9.98. The predicted octanol–water partition coefficient (Wildman–Crippen LogP) is 7.16. The summed E-state index contributed by atoms with van der Waals surface area (Å²) in [5, 5.41) is 18.1. The van der Waals surface area contributed by atoms with Gasteiger partial charge in [-0.15, -0.1) is 0 Å². The van der Waals surface area contributed by atoms with Crippen LogP contribution in [-0.2, 0) is 24.8 Å². The summed E-state index contributed by atoms with van der Waals surface area (Å²) in [5.41, 5.74) is 6.50. The van der Waals surface area contributed by atoms with Crippen LogP contribution in [0.15, 0.2) is 84.9 Å². The number of aromatic carboxylic acids is 1. The molecule has 2 N–H and O–H groups in total. The van der Waals surface area contributed by atoms with Gasteiger partial charge in [-0.3, -0.25) is 4.68 Å². The van der Waals surface area contributed by atoms with Gasteiger partial charge in [0.25, 0.3) is 0 Å². The van der Waals surface area contributed by atoms with E-state index in [0.29, 0.717) is 19.4 Å². The van der Waals surface area contributed by atoms with Gasteiger partial charge in [-0.05, 0) is 61.0 Å². The number of aromatic nitrogens is 3. The van der Waals surface area contributed by atoms with E-state index in [2.05, 4.69) is 40.2 Å². The van der Waals surface area contributed by atoms with Gasteiger partial charge in [0.2, 0.25) is 0 Å². The van der Waals surface area contributed by atoms with Gasteiger partial charge in [-0.25, -0.2) is 4.79 Å². The van der Waals surface area contributed by atoms with Crippen molar-refractivity contribution in [3.8, 4) is 22.6 Å². The number of morpholine rings is 1. The van der Waals surface area contributed by atoms with E-state index in [-0.39, 0.29) is 12.3 Å². The Labute approximate surface area is 273 Å². The number of hydrogen-bond acceptors (Lipinski definition) is 6. The number of benzene rings is 4. The molecular formula is C38H38N4O5. The fraction of sp³-hybridized carbons (Fsp3) is 0.263. The average molecular weight is 631 g/mol. The molecule has 1 aliphatic heterocycles. The first-order valence-corrected chi connectivity index (χ1v) is 16.0. The summed E-state index contributed by atoms with van der Waals surface area (Å²) in [7, 11) is 1.92. The van der Waals surface area contributed by atoms with Crippen LogP contribution in [0.1, 0.15) is 33.9 Å². The maximum absolute atomic E-state index is 12.5. The predicted molar refractivity (Wildman–Crippen MR) is 184 cm³/mol. The number of aromatic amines is 1. The lowest BCUT2D eigenvalue weighted by Gasteiger charge is -2.28. The molecule has 1 aliphatic rings. The van der Waals surface area contributed by atoms with E-state index >= 15 is 0 Å². The van der Waals surface area contributed by atoms with Gasteiger partial charge in [0.1, 0.15) is 29.5 Å². The first-order valence-electron chi connectivity index (χ1n) is 16.0. The maximum Gasteiger partial charge on any atom is 0.352 e. The zero-order valence-corrected chi connectivity index (χ0v) is 26.7. The molecule has 0 unspecified atom stereocenters. The molecule has 4 aromatic carbocycles. The van der Waals surface area contributed by atoms with Crippen molar-refractivity contribution in [1.29, 1.82) is 0 Å². The second-order valence-corrected chi connectivity index (χ2v) is 11.9. The summed E-state index contributed by atoms with van der Waals surface area (Å²) in [5.74, 6) is 0.609. The van der Waals surface area contributed by atoms with Gasteiger partial charge in [-0.1, -0.05) is 54.6 Å². The molecule has 240 valence electrons. The van der Waals surface area contributed by atoms with Gasteiger partial charge >= 0.3 is 5.97 Å². The molecule has 0 saturated carbocycles.